The van der Waals surface area contributed by atoms with Crippen LogP contribution in [0.25, 0.3) is 5.69 Å². The maximum absolute atomic E-state index is 10.6. The average Bonchev–Trinajstić information content (AvgIpc) is 2.74. The van der Waals surface area contributed by atoms with Crippen LogP contribution in [0.1, 0.15) is 11.1 Å². The molecule has 0 bridgehead atoms. The number of aromatic nitrogens is 4. The number of benzene rings is 1. The van der Waals surface area contributed by atoms with E-state index in [1.807, 2.05) is 32.0 Å². The lowest BCUT2D eigenvalue weighted by Crippen LogP contribution is -2.04. The molecular formula is C11H12N4O2S. The number of aryl methyl sites for hydroxylation is 2. The molecule has 0 fully saturated rings. The molecule has 0 amide bonds. The molecule has 1 aromatic heterocycles. The van der Waals surface area contributed by atoms with Crippen LogP contribution in [-0.2, 0) is 4.79 Å². The Labute approximate surface area is 108 Å². The summed E-state index contributed by atoms with van der Waals surface area (Å²) in [6.07, 6.45) is 0. The molecule has 1 N–H and O–H groups in total. The standard InChI is InChI=1S/C11H12N4O2S/c1-7-3-4-9(8(2)5-7)15-11(12-13-14-15)18-6-10(16)17/h3-5H,6H2,1-2H3,(H,16,17). The Morgan fingerprint density at radius 1 is 1.44 bits per heavy atom. The maximum atomic E-state index is 10.6. The fraction of sp³-hybridized carbons (Fsp3) is 0.273. The minimum atomic E-state index is -0.893. The number of carbonyl (C=O) groups is 1. The summed E-state index contributed by atoms with van der Waals surface area (Å²) in [5.74, 6) is -0.958. The van der Waals surface area contributed by atoms with Crippen molar-refractivity contribution in [1.29, 1.82) is 0 Å². The third-order valence-corrected chi connectivity index (χ3v) is 3.25. The zero-order valence-corrected chi connectivity index (χ0v) is 10.8. The molecule has 1 heterocycles. The molecule has 0 aliphatic rings. The van der Waals surface area contributed by atoms with Gasteiger partial charge in [-0.1, -0.05) is 29.5 Å². The van der Waals surface area contributed by atoms with Gasteiger partial charge in [0.1, 0.15) is 0 Å². The summed E-state index contributed by atoms with van der Waals surface area (Å²) in [5.41, 5.74) is 3.06. The molecule has 6 nitrogen and oxygen atoms in total. The van der Waals surface area contributed by atoms with Crippen molar-refractivity contribution in [2.45, 2.75) is 19.0 Å². The molecule has 0 aliphatic heterocycles. The first-order valence-corrected chi connectivity index (χ1v) is 6.27. The van der Waals surface area contributed by atoms with Gasteiger partial charge in [0.25, 0.3) is 0 Å². The van der Waals surface area contributed by atoms with Crippen molar-refractivity contribution in [1.82, 2.24) is 20.2 Å². The van der Waals surface area contributed by atoms with Crippen molar-refractivity contribution in [3.63, 3.8) is 0 Å². The van der Waals surface area contributed by atoms with Crippen molar-refractivity contribution in [3.05, 3.63) is 29.3 Å². The van der Waals surface area contributed by atoms with E-state index in [0.29, 0.717) is 5.16 Å². The zero-order valence-electron chi connectivity index (χ0n) is 9.99. The minimum Gasteiger partial charge on any atom is -0.481 e. The molecular weight excluding hydrogens is 252 g/mol. The van der Waals surface area contributed by atoms with Crippen LogP contribution < -0.4 is 0 Å². The lowest BCUT2D eigenvalue weighted by atomic mass is 10.1. The van der Waals surface area contributed by atoms with Crippen LogP contribution in [0.15, 0.2) is 23.4 Å². The van der Waals surface area contributed by atoms with Crippen molar-refractivity contribution in [3.8, 4) is 5.69 Å². The Balaban J connectivity index is 2.33. The van der Waals surface area contributed by atoms with E-state index in [4.69, 9.17) is 5.11 Å². The SMILES string of the molecule is Cc1ccc(-n2nnnc2SCC(=O)O)c(C)c1. The lowest BCUT2D eigenvalue weighted by Gasteiger charge is -2.07. The predicted octanol–water partition coefficient (Wildman–Crippen LogP) is 1.46. The van der Waals surface area contributed by atoms with Gasteiger partial charge in [-0.15, -0.1) is 5.10 Å². The number of nitrogens with zero attached hydrogens (tertiary/aromatic N) is 4. The van der Waals surface area contributed by atoms with Crippen molar-refractivity contribution in [2.75, 3.05) is 5.75 Å². The summed E-state index contributed by atoms with van der Waals surface area (Å²) < 4.78 is 1.56. The first-order valence-electron chi connectivity index (χ1n) is 5.28. The number of carboxylic acids is 1. The topological polar surface area (TPSA) is 80.9 Å². The summed E-state index contributed by atoms with van der Waals surface area (Å²) in [4.78, 5) is 10.6. The Hall–Kier alpha value is -1.89. The Kier molecular flexibility index (Phi) is 3.61. The highest BCUT2D eigenvalue weighted by Gasteiger charge is 2.12. The minimum absolute atomic E-state index is 0.0642. The summed E-state index contributed by atoms with van der Waals surface area (Å²) in [5, 5.41) is 20.5. The van der Waals surface area contributed by atoms with Gasteiger partial charge in [0.15, 0.2) is 0 Å². The molecule has 0 saturated carbocycles. The smallest absolute Gasteiger partial charge is 0.313 e. The summed E-state index contributed by atoms with van der Waals surface area (Å²) >= 11 is 1.10. The lowest BCUT2D eigenvalue weighted by molar-refractivity contribution is -0.133. The van der Waals surface area contributed by atoms with Gasteiger partial charge in [-0.25, -0.2) is 0 Å². The summed E-state index contributed by atoms with van der Waals surface area (Å²) in [6.45, 7) is 3.98. The van der Waals surface area contributed by atoms with Gasteiger partial charge in [-0.3, -0.25) is 4.79 Å². The second kappa shape index (κ2) is 5.18. The Bertz CT molecular complexity index is 582. The van der Waals surface area contributed by atoms with Crippen molar-refractivity contribution < 1.29 is 9.90 Å². The van der Waals surface area contributed by atoms with E-state index in [0.717, 1.165) is 28.6 Å². The third-order valence-electron chi connectivity index (χ3n) is 2.35. The quantitative estimate of drug-likeness (QED) is 0.842. The predicted molar refractivity (Wildman–Crippen MR) is 67.0 cm³/mol. The average molecular weight is 264 g/mol. The maximum Gasteiger partial charge on any atom is 0.313 e. The first-order chi connectivity index (χ1) is 8.58. The van der Waals surface area contributed by atoms with Crippen LogP contribution in [0, 0.1) is 13.8 Å². The summed E-state index contributed by atoms with van der Waals surface area (Å²) in [7, 11) is 0. The van der Waals surface area contributed by atoms with Gasteiger partial charge >= 0.3 is 5.97 Å². The highest BCUT2D eigenvalue weighted by Crippen LogP contribution is 2.21. The van der Waals surface area contributed by atoms with E-state index in [2.05, 4.69) is 15.5 Å². The Morgan fingerprint density at radius 3 is 2.89 bits per heavy atom. The number of hydrogen-bond donors (Lipinski definition) is 1. The molecule has 1 aromatic carbocycles. The molecule has 0 atom stereocenters. The molecule has 2 aromatic rings. The molecule has 0 saturated heterocycles. The van der Waals surface area contributed by atoms with Gasteiger partial charge < -0.3 is 5.11 Å². The van der Waals surface area contributed by atoms with Gasteiger partial charge in [-0.2, -0.15) is 4.68 Å². The third kappa shape index (κ3) is 2.67. The number of tetrazole rings is 1. The summed E-state index contributed by atoms with van der Waals surface area (Å²) in [6, 6.07) is 5.92. The highest BCUT2D eigenvalue weighted by molar-refractivity contribution is 7.99. The van der Waals surface area contributed by atoms with Gasteiger partial charge in [0, 0.05) is 0 Å². The molecule has 18 heavy (non-hydrogen) atoms. The van der Waals surface area contributed by atoms with E-state index >= 15 is 0 Å². The van der Waals surface area contributed by atoms with Crippen LogP contribution in [0.3, 0.4) is 0 Å². The molecule has 2 rings (SSSR count). The van der Waals surface area contributed by atoms with Gasteiger partial charge in [-0.05, 0) is 35.9 Å². The van der Waals surface area contributed by atoms with Crippen LogP contribution in [0.2, 0.25) is 0 Å². The molecule has 94 valence electrons. The number of hydrogen-bond acceptors (Lipinski definition) is 5. The van der Waals surface area contributed by atoms with E-state index in [1.165, 1.54) is 0 Å². The van der Waals surface area contributed by atoms with Crippen LogP contribution in [-0.4, -0.2) is 37.0 Å². The second-order valence-corrected chi connectivity index (χ2v) is 4.79. The van der Waals surface area contributed by atoms with Crippen LogP contribution in [0.4, 0.5) is 0 Å². The Morgan fingerprint density at radius 2 is 2.22 bits per heavy atom. The van der Waals surface area contributed by atoms with Gasteiger partial charge in [0.05, 0.1) is 11.4 Å². The van der Waals surface area contributed by atoms with Gasteiger partial charge in [0.2, 0.25) is 5.16 Å². The molecule has 0 radical (unpaired) electrons. The van der Waals surface area contributed by atoms with E-state index in [9.17, 15) is 4.79 Å². The first kappa shape index (κ1) is 12.6. The fourth-order valence-corrected chi connectivity index (χ4v) is 2.19. The van der Waals surface area contributed by atoms with Crippen molar-refractivity contribution in [2.24, 2.45) is 0 Å². The molecule has 7 heteroatoms. The van der Waals surface area contributed by atoms with E-state index < -0.39 is 5.97 Å². The number of rotatable bonds is 4. The molecule has 0 spiro atoms. The normalized spacial score (nSPS) is 10.6. The monoisotopic (exact) mass is 264 g/mol. The molecule has 0 aliphatic carbocycles. The fourth-order valence-electron chi connectivity index (χ4n) is 1.59. The zero-order chi connectivity index (χ0) is 13.1. The van der Waals surface area contributed by atoms with Crippen LogP contribution in [0.5, 0.6) is 0 Å². The highest BCUT2D eigenvalue weighted by atomic mass is 32.2. The van der Waals surface area contributed by atoms with Crippen molar-refractivity contribution >= 4 is 17.7 Å². The number of thioether (sulfide) groups is 1. The second-order valence-electron chi connectivity index (χ2n) is 3.85. The number of aliphatic carboxylic acids is 1. The molecule has 0 unspecified atom stereocenters. The van der Waals surface area contributed by atoms with Crippen LogP contribution >= 0.6 is 11.8 Å². The van der Waals surface area contributed by atoms with E-state index in [-0.39, 0.29) is 5.75 Å². The van der Waals surface area contributed by atoms with E-state index in [1.54, 1.807) is 4.68 Å². The number of carboxylic acid groups (broad SMARTS) is 1. The largest absolute Gasteiger partial charge is 0.481 e.